The third kappa shape index (κ3) is 4.56. The van der Waals surface area contributed by atoms with Gasteiger partial charge >= 0.3 is 229 Å². The van der Waals surface area contributed by atoms with Gasteiger partial charge in [0.05, 0.1) is 0 Å². The maximum atomic E-state index is 2.72. The largest absolute Gasteiger partial charge is 0.147 e. The van der Waals surface area contributed by atoms with Crippen LogP contribution in [0.5, 0.6) is 0 Å². The number of thioether (sulfide) groups is 2. The van der Waals surface area contributed by atoms with E-state index < -0.39 is 17.1 Å². The topological polar surface area (TPSA) is 0 Å². The number of rotatable bonds is 4. The summed E-state index contributed by atoms with van der Waals surface area (Å²) in [5.41, 5.74) is 12.1. The third-order valence-electron chi connectivity index (χ3n) is 8.21. The smallest absolute Gasteiger partial charge is 0.147 e. The zero-order chi connectivity index (χ0) is 25.4. The molecule has 0 nitrogen and oxygen atoms in total. The van der Waals surface area contributed by atoms with Crippen LogP contribution in [-0.4, -0.2) is 17.4 Å². The third-order valence-corrected chi connectivity index (χ3v) is 32.5. The Morgan fingerprint density at radius 3 is 1.32 bits per heavy atom. The van der Waals surface area contributed by atoms with Crippen LogP contribution in [0.15, 0.2) is 112 Å². The van der Waals surface area contributed by atoms with Crippen LogP contribution < -0.4 is 0 Å². The molecule has 2 aromatic carbocycles. The molecule has 2 unspecified atom stereocenters. The molecule has 2 aliphatic carbocycles. The van der Waals surface area contributed by atoms with Crippen LogP contribution in [0.3, 0.4) is 0 Å². The van der Waals surface area contributed by atoms with Crippen LogP contribution in [0.4, 0.5) is 0 Å². The molecule has 0 bridgehead atoms. The van der Waals surface area contributed by atoms with Gasteiger partial charge in [0.2, 0.25) is 0 Å². The predicted octanol–water partition coefficient (Wildman–Crippen LogP) is 9.69. The molecule has 6 rings (SSSR count). The first-order chi connectivity index (χ1) is 17.1. The van der Waals surface area contributed by atoms with E-state index in [2.05, 4.69) is 140 Å². The molecule has 4 aliphatic rings. The van der Waals surface area contributed by atoms with Crippen molar-refractivity contribution in [3.63, 3.8) is 0 Å². The molecule has 0 spiro atoms. The Labute approximate surface area is 251 Å². The van der Waals surface area contributed by atoms with Gasteiger partial charge in [-0.15, -0.1) is 24.8 Å². The van der Waals surface area contributed by atoms with Crippen molar-refractivity contribution >= 4 is 66.4 Å². The minimum atomic E-state index is -3.84. The summed E-state index contributed by atoms with van der Waals surface area (Å²) in [6.45, 7) is 12.0. The van der Waals surface area contributed by atoms with Crippen LogP contribution in [0, 0.1) is 0 Å². The fourth-order valence-electron chi connectivity index (χ4n) is 7.13. The van der Waals surface area contributed by atoms with Crippen LogP contribution in [0.2, 0.25) is 9.36 Å². The molecule has 6 heteroatoms. The maximum Gasteiger partial charge on any atom is -0.147 e. The summed E-state index contributed by atoms with van der Waals surface area (Å²) < 4.78 is 8.88. The molecule has 0 fully saturated rings. The van der Waals surface area contributed by atoms with Gasteiger partial charge in [0, 0.05) is 0 Å². The summed E-state index contributed by atoms with van der Waals surface area (Å²) in [6.07, 6.45) is 5.02. The number of allylic oxidation sites excluding steroid dienone is 8. The number of hydrogen-bond donors (Lipinski definition) is 0. The zero-order valence-corrected chi connectivity index (χ0v) is 31.2. The van der Waals surface area contributed by atoms with Crippen molar-refractivity contribution in [2.24, 2.45) is 0 Å². The Bertz CT molecular complexity index is 1470. The summed E-state index contributed by atoms with van der Waals surface area (Å²) in [4.78, 5) is 3.01. The van der Waals surface area contributed by atoms with E-state index in [1.165, 1.54) is 32.1 Å². The predicted molar refractivity (Wildman–Crippen MR) is 177 cm³/mol. The van der Waals surface area contributed by atoms with Crippen LogP contribution in [-0.2, 0) is 17.1 Å². The Balaban J connectivity index is 0.00000168. The molecule has 2 atom stereocenters. The summed E-state index contributed by atoms with van der Waals surface area (Å²) in [6, 6.07) is 22.3. The molecular formula is C32H36Cl2HfS2Si. The second kappa shape index (κ2) is 10.6. The van der Waals surface area contributed by atoms with Crippen LogP contribution >= 0.6 is 48.3 Å². The van der Waals surface area contributed by atoms with Gasteiger partial charge in [0.25, 0.3) is 0 Å². The van der Waals surface area contributed by atoms with Gasteiger partial charge in [0.15, 0.2) is 0 Å². The fraction of sp³-hybridized carbons (Fsp3) is 0.250. The summed E-state index contributed by atoms with van der Waals surface area (Å²) in [5, 5.41) is 0.974. The summed E-state index contributed by atoms with van der Waals surface area (Å²) >= 11 is 0.285. The Hall–Kier alpha value is -0.753. The van der Waals surface area contributed by atoms with Crippen molar-refractivity contribution in [1.82, 2.24) is 0 Å². The molecule has 2 heterocycles. The van der Waals surface area contributed by atoms with Crippen molar-refractivity contribution in [2.75, 3.05) is 0 Å². The van der Waals surface area contributed by atoms with Crippen molar-refractivity contribution in [3.05, 3.63) is 123 Å². The molecule has 38 heavy (non-hydrogen) atoms. The number of fused-ring (bicyclic) bond motifs is 2. The molecule has 0 saturated carbocycles. The van der Waals surface area contributed by atoms with Crippen molar-refractivity contribution < 1.29 is 17.1 Å². The van der Waals surface area contributed by atoms with E-state index >= 15 is 0 Å². The van der Waals surface area contributed by atoms with Gasteiger partial charge < -0.3 is 0 Å². The minimum absolute atomic E-state index is 0. The van der Waals surface area contributed by atoms with Gasteiger partial charge in [-0.25, -0.2) is 0 Å². The van der Waals surface area contributed by atoms with Gasteiger partial charge in [-0.05, 0) is 0 Å². The van der Waals surface area contributed by atoms with Crippen LogP contribution in [0.1, 0.15) is 38.8 Å². The standard InChI is InChI=1S/2C15H13S.2CH3.2ClH.Hf.H2Si/c2*1-10-8-13-14(9-10)16-11(2)15(13)12-6-4-3-5-7-12;;;;;;/h2*3-7,9,11H,1-2H3;2*1H3;2*1H;;1H2. The summed E-state index contributed by atoms with van der Waals surface area (Å²) in [7, 11) is 0. The first kappa shape index (κ1) is 30.2. The Morgan fingerprint density at radius 2 is 0.974 bits per heavy atom. The number of halogens is 2. The average Bonchev–Trinajstić information content (AvgIpc) is 3.50. The quantitative estimate of drug-likeness (QED) is 0.285. The van der Waals surface area contributed by atoms with E-state index in [9.17, 15) is 0 Å². The zero-order valence-electron chi connectivity index (χ0n) is 22.9. The molecule has 0 aromatic heterocycles. The van der Waals surface area contributed by atoms with E-state index in [0.717, 1.165) is 0 Å². The Morgan fingerprint density at radius 1 is 0.632 bits per heavy atom. The molecule has 198 valence electrons. The number of hydrogen-bond acceptors (Lipinski definition) is 2. The molecule has 0 saturated heterocycles. The minimum Gasteiger partial charge on any atom is -0.147 e. The van der Waals surface area contributed by atoms with Crippen molar-refractivity contribution in [3.8, 4) is 0 Å². The first-order valence-electron chi connectivity index (χ1n) is 12.9. The van der Waals surface area contributed by atoms with E-state index in [1.807, 2.05) is 0 Å². The fourth-order valence-corrected chi connectivity index (χ4v) is 36.1. The maximum absolute atomic E-state index is 3.84. The molecule has 2 aromatic rings. The van der Waals surface area contributed by atoms with E-state index in [4.69, 9.17) is 0 Å². The summed E-state index contributed by atoms with van der Waals surface area (Å²) in [5.74, 6) is 0. The second-order valence-corrected chi connectivity index (χ2v) is 54.7. The SMILES string of the molecule is CC1=[C]([Hf]([CH3])([CH3])(=[SiH2])[C]2=C(C)C=C3SC(C)C(c4ccccc4)=C32)C2=C(c3ccccc3)C(C)SC2=C1.Cl.Cl. The van der Waals surface area contributed by atoms with Gasteiger partial charge in [-0.1, -0.05) is 0 Å². The van der Waals surface area contributed by atoms with Crippen molar-refractivity contribution in [1.29, 1.82) is 0 Å². The Kier molecular flexibility index (Phi) is 8.41. The number of benzene rings is 2. The molecule has 0 radical (unpaired) electrons. The normalized spacial score (nSPS) is 22.8. The van der Waals surface area contributed by atoms with Gasteiger partial charge in [0.1, 0.15) is 0 Å². The monoisotopic (exact) mass is 762 g/mol. The van der Waals surface area contributed by atoms with Gasteiger partial charge in [-0.2, -0.15) is 0 Å². The molecular weight excluding hydrogens is 726 g/mol. The second-order valence-electron chi connectivity index (χ2n) is 11.6. The molecule has 0 N–H and O–H groups in total. The van der Waals surface area contributed by atoms with E-state index in [1.54, 1.807) is 29.0 Å². The van der Waals surface area contributed by atoms with Crippen LogP contribution in [0.25, 0.3) is 11.1 Å². The molecule has 0 amide bonds. The van der Waals surface area contributed by atoms with E-state index in [-0.39, 0.29) is 24.8 Å². The van der Waals surface area contributed by atoms with E-state index in [0.29, 0.717) is 10.5 Å². The first-order valence-corrected chi connectivity index (χ1v) is 33.8. The molecule has 2 aliphatic heterocycles. The average molecular weight is 762 g/mol. The van der Waals surface area contributed by atoms with Gasteiger partial charge in [-0.3, -0.25) is 0 Å². The van der Waals surface area contributed by atoms with Crippen molar-refractivity contribution in [2.45, 2.75) is 47.6 Å².